The molecule has 5 heteroatoms. The summed E-state index contributed by atoms with van der Waals surface area (Å²) >= 11 is 1.73. The maximum Gasteiger partial charge on any atom is 0.223 e. The number of nitrogens with one attached hydrogen (secondary N) is 1. The molecule has 0 spiro atoms. The highest BCUT2D eigenvalue weighted by atomic mass is 32.1. The van der Waals surface area contributed by atoms with Gasteiger partial charge in [-0.05, 0) is 43.4 Å². The van der Waals surface area contributed by atoms with E-state index in [1.165, 1.54) is 16.1 Å². The van der Waals surface area contributed by atoms with Gasteiger partial charge in [0.1, 0.15) is 10.8 Å². The number of aryl methyl sites for hydroxylation is 1. The summed E-state index contributed by atoms with van der Waals surface area (Å²) in [6.07, 6.45) is 3.38. The average molecular weight is 393 g/mol. The van der Waals surface area contributed by atoms with Gasteiger partial charge in [0, 0.05) is 22.9 Å². The van der Waals surface area contributed by atoms with Crippen LogP contribution in [0, 0.1) is 5.92 Å². The minimum atomic E-state index is 0.0486. The number of carbonyl (C=O) groups is 1. The summed E-state index contributed by atoms with van der Waals surface area (Å²) in [5.74, 6) is 1.06. The summed E-state index contributed by atoms with van der Waals surface area (Å²) in [5.41, 5.74) is 3.52. The number of carbonyl (C=O) groups excluding carboxylic acids is 1. The molecule has 0 fully saturated rings. The van der Waals surface area contributed by atoms with Crippen LogP contribution in [0.2, 0.25) is 0 Å². The zero-order valence-corrected chi connectivity index (χ0v) is 16.8. The Morgan fingerprint density at radius 3 is 2.71 bits per heavy atom. The van der Waals surface area contributed by atoms with Crippen molar-refractivity contribution in [2.45, 2.75) is 25.7 Å². The normalized spacial score (nSPS) is 15.7. The average Bonchev–Trinajstić information content (AvgIpc) is 3.18. The molecule has 1 atom stereocenters. The highest BCUT2D eigenvalue weighted by molar-refractivity contribution is 7.15. The summed E-state index contributed by atoms with van der Waals surface area (Å²) in [7, 11) is 1.66. The van der Waals surface area contributed by atoms with E-state index in [1.807, 2.05) is 42.5 Å². The topological polar surface area (TPSA) is 51.2 Å². The van der Waals surface area contributed by atoms with Gasteiger partial charge in [-0.3, -0.25) is 4.79 Å². The number of thiazole rings is 1. The first kappa shape index (κ1) is 18.7. The number of rotatable bonds is 6. The van der Waals surface area contributed by atoms with E-state index in [4.69, 9.17) is 9.72 Å². The lowest BCUT2D eigenvalue weighted by Crippen LogP contribution is -2.35. The van der Waals surface area contributed by atoms with Gasteiger partial charge in [-0.25, -0.2) is 4.98 Å². The van der Waals surface area contributed by atoms with E-state index in [2.05, 4.69) is 17.4 Å². The molecule has 0 saturated heterocycles. The van der Waals surface area contributed by atoms with Gasteiger partial charge in [0.15, 0.2) is 0 Å². The van der Waals surface area contributed by atoms with Gasteiger partial charge in [-0.1, -0.05) is 42.5 Å². The second-order valence-electron chi connectivity index (χ2n) is 7.08. The highest BCUT2D eigenvalue weighted by Gasteiger charge is 2.27. The number of fused-ring (bicyclic) bond motifs is 1. The van der Waals surface area contributed by atoms with Gasteiger partial charge in [0.2, 0.25) is 5.91 Å². The lowest BCUT2D eigenvalue weighted by molar-refractivity contribution is -0.125. The van der Waals surface area contributed by atoms with Crippen molar-refractivity contribution in [3.8, 4) is 16.3 Å². The molecular weight excluding hydrogens is 368 g/mol. The molecule has 4 nitrogen and oxygen atoms in total. The van der Waals surface area contributed by atoms with Gasteiger partial charge in [0.25, 0.3) is 0 Å². The monoisotopic (exact) mass is 392 g/mol. The Kier molecular flexibility index (Phi) is 5.72. The minimum absolute atomic E-state index is 0.0486. The van der Waals surface area contributed by atoms with Crippen LogP contribution in [0.5, 0.6) is 5.75 Å². The van der Waals surface area contributed by atoms with E-state index in [1.54, 1.807) is 18.4 Å². The third-order valence-corrected chi connectivity index (χ3v) is 6.37. The summed E-state index contributed by atoms with van der Waals surface area (Å²) in [5, 5.41) is 4.17. The Morgan fingerprint density at radius 2 is 1.96 bits per heavy atom. The van der Waals surface area contributed by atoms with E-state index >= 15 is 0 Å². The van der Waals surface area contributed by atoms with Crippen LogP contribution in [0.1, 0.15) is 22.6 Å². The van der Waals surface area contributed by atoms with E-state index in [0.29, 0.717) is 6.54 Å². The number of hydrogen-bond donors (Lipinski definition) is 1. The number of amides is 1. The van der Waals surface area contributed by atoms with Gasteiger partial charge in [0.05, 0.1) is 12.8 Å². The van der Waals surface area contributed by atoms with Gasteiger partial charge >= 0.3 is 0 Å². The standard InChI is InChI=1S/C23H24N2O2S/c1-27-19-10-7-16(8-11-19)13-14-24-22(26)18-9-12-20-21(15-18)28-23(25-20)17-5-3-2-4-6-17/h2-8,10-11,18H,9,12-15H2,1H3,(H,24,26). The zero-order chi connectivity index (χ0) is 19.3. The third-order valence-electron chi connectivity index (χ3n) is 5.20. The Bertz CT molecular complexity index is 935. The molecule has 0 radical (unpaired) electrons. The van der Waals surface area contributed by atoms with Crippen LogP contribution in [-0.4, -0.2) is 24.5 Å². The van der Waals surface area contributed by atoms with Crippen molar-refractivity contribution in [3.05, 3.63) is 70.7 Å². The van der Waals surface area contributed by atoms with Crippen LogP contribution < -0.4 is 10.1 Å². The largest absolute Gasteiger partial charge is 0.497 e. The molecule has 1 aromatic heterocycles. The third kappa shape index (κ3) is 4.25. The summed E-state index contributed by atoms with van der Waals surface area (Å²) in [6, 6.07) is 18.3. The van der Waals surface area contributed by atoms with Crippen LogP contribution in [0.15, 0.2) is 54.6 Å². The molecule has 1 heterocycles. The predicted molar refractivity (Wildman–Crippen MR) is 113 cm³/mol. The molecule has 3 aromatic rings. The number of aromatic nitrogens is 1. The fraction of sp³-hybridized carbons (Fsp3) is 0.304. The first-order valence-corrected chi connectivity index (χ1v) is 10.5. The second kappa shape index (κ2) is 8.57. The van der Waals surface area contributed by atoms with Crippen LogP contribution in [0.25, 0.3) is 10.6 Å². The maximum atomic E-state index is 12.6. The molecule has 28 heavy (non-hydrogen) atoms. The SMILES string of the molecule is COc1ccc(CCNC(=O)C2CCc3nc(-c4ccccc4)sc3C2)cc1. The first-order valence-electron chi connectivity index (χ1n) is 9.67. The molecule has 1 unspecified atom stereocenters. The van der Waals surface area contributed by atoms with Crippen LogP contribution in [0.3, 0.4) is 0 Å². The molecule has 2 aromatic carbocycles. The Hall–Kier alpha value is -2.66. The molecule has 0 bridgehead atoms. The Balaban J connectivity index is 1.32. The molecule has 1 aliphatic carbocycles. The fourth-order valence-electron chi connectivity index (χ4n) is 3.57. The number of benzene rings is 2. The lowest BCUT2D eigenvalue weighted by Gasteiger charge is -2.20. The van der Waals surface area contributed by atoms with Gasteiger partial charge in [-0.2, -0.15) is 0 Å². The molecule has 0 saturated carbocycles. The van der Waals surface area contributed by atoms with Crippen molar-refractivity contribution >= 4 is 17.2 Å². The first-order chi connectivity index (χ1) is 13.7. The zero-order valence-electron chi connectivity index (χ0n) is 16.0. The molecule has 144 valence electrons. The van der Waals surface area contributed by atoms with Crippen molar-refractivity contribution in [2.24, 2.45) is 5.92 Å². The second-order valence-corrected chi connectivity index (χ2v) is 8.17. The lowest BCUT2D eigenvalue weighted by atomic mass is 9.90. The number of hydrogen-bond acceptors (Lipinski definition) is 4. The number of ether oxygens (including phenoxy) is 1. The predicted octanol–water partition coefficient (Wildman–Crippen LogP) is 4.28. The van der Waals surface area contributed by atoms with Crippen molar-refractivity contribution in [1.29, 1.82) is 0 Å². The van der Waals surface area contributed by atoms with E-state index in [9.17, 15) is 4.79 Å². The maximum absolute atomic E-state index is 12.6. The van der Waals surface area contributed by atoms with Gasteiger partial charge < -0.3 is 10.1 Å². The van der Waals surface area contributed by atoms with Crippen molar-refractivity contribution < 1.29 is 9.53 Å². The van der Waals surface area contributed by atoms with Crippen molar-refractivity contribution in [3.63, 3.8) is 0 Å². The Labute approximate surface area is 169 Å². The quantitative estimate of drug-likeness (QED) is 0.681. The molecule has 1 amide bonds. The minimum Gasteiger partial charge on any atom is -0.497 e. The molecule has 0 aliphatic heterocycles. The van der Waals surface area contributed by atoms with Crippen molar-refractivity contribution in [1.82, 2.24) is 10.3 Å². The Morgan fingerprint density at radius 1 is 1.18 bits per heavy atom. The van der Waals surface area contributed by atoms with Crippen LogP contribution in [-0.2, 0) is 24.1 Å². The smallest absolute Gasteiger partial charge is 0.223 e. The van der Waals surface area contributed by atoms with Gasteiger partial charge in [-0.15, -0.1) is 11.3 Å². The van der Waals surface area contributed by atoms with Crippen LogP contribution >= 0.6 is 11.3 Å². The van der Waals surface area contributed by atoms with Crippen molar-refractivity contribution in [2.75, 3.05) is 13.7 Å². The highest BCUT2D eigenvalue weighted by Crippen LogP contribution is 2.34. The summed E-state index contributed by atoms with van der Waals surface area (Å²) in [4.78, 5) is 18.7. The number of methoxy groups -OCH3 is 1. The van der Waals surface area contributed by atoms with E-state index < -0.39 is 0 Å². The summed E-state index contributed by atoms with van der Waals surface area (Å²) in [6.45, 7) is 0.659. The van der Waals surface area contributed by atoms with Crippen LogP contribution in [0.4, 0.5) is 0 Å². The molecular formula is C23H24N2O2S. The van der Waals surface area contributed by atoms with E-state index in [0.717, 1.165) is 42.0 Å². The summed E-state index contributed by atoms with van der Waals surface area (Å²) < 4.78 is 5.18. The fourth-order valence-corrected chi connectivity index (χ4v) is 4.76. The molecule has 4 rings (SSSR count). The van der Waals surface area contributed by atoms with E-state index in [-0.39, 0.29) is 11.8 Å². The number of nitrogens with zero attached hydrogens (tertiary/aromatic N) is 1. The molecule has 1 N–H and O–H groups in total. The molecule has 1 aliphatic rings.